The first-order valence-electron chi connectivity index (χ1n) is 10.1. The van der Waals surface area contributed by atoms with Crippen LogP contribution in [-0.2, 0) is 16.0 Å². The summed E-state index contributed by atoms with van der Waals surface area (Å²) in [6.07, 6.45) is 1.08. The minimum atomic E-state index is -0.366. The molecule has 158 valence electrons. The molecule has 4 rings (SSSR count). The Bertz CT molecular complexity index is 966. The van der Waals surface area contributed by atoms with E-state index in [2.05, 4.69) is 0 Å². The van der Waals surface area contributed by atoms with Crippen molar-refractivity contribution in [3.63, 3.8) is 0 Å². The lowest BCUT2D eigenvalue weighted by Crippen LogP contribution is -2.64. The molecule has 2 heterocycles. The van der Waals surface area contributed by atoms with Crippen molar-refractivity contribution < 1.29 is 18.7 Å². The molecule has 0 radical (unpaired) electrons. The highest BCUT2D eigenvalue weighted by Gasteiger charge is 2.48. The number of rotatable bonds is 4. The van der Waals surface area contributed by atoms with Crippen molar-refractivity contribution in [1.29, 1.82) is 0 Å². The maximum Gasteiger partial charge on any atom is 0.241 e. The quantitative estimate of drug-likeness (QED) is 0.775. The fraction of sp³-hybridized carbons (Fsp3) is 0.391. The molecule has 0 bridgehead atoms. The zero-order valence-corrected chi connectivity index (χ0v) is 17.3. The number of ether oxygens (including phenoxy) is 1. The maximum atomic E-state index is 13.7. The molecule has 2 saturated heterocycles. The summed E-state index contributed by atoms with van der Waals surface area (Å²) in [7, 11) is 3.53. The summed E-state index contributed by atoms with van der Waals surface area (Å²) in [5.41, 5.74) is 1.15. The van der Waals surface area contributed by atoms with E-state index >= 15 is 0 Å². The Hall–Kier alpha value is -2.93. The van der Waals surface area contributed by atoms with Crippen LogP contribution in [0, 0.1) is 5.82 Å². The molecule has 2 amide bonds. The molecule has 2 fully saturated rings. The van der Waals surface area contributed by atoms with Gasteiger partial charge in [0.25, 0.3) is 0 Å². The second kappa shape index (κ2) is 8.07. The SMILES string of the molecule is COc1cccc(CC(=O)N2CCC3(C2)CN(c2cccc(F)c2)C(=O)CN3C)c1. The van der Waals surface area contributed by atoms with Gasteiger partial charge in [0.05, 0.1) is 25.6 Å². The van der Waals surface area contributed by atoms with Crippen molar-refractivity contribution in [1.82, 2.24) is 9.80 Å². The van der Waals surface area contributed by atoms with Gasteiger partial charge >= 0.3 is 0 Å². The summed E-state index contributed by atoms with van der Waals surface area (Å²) >= 11 is 0. The Balaban J connectivity index is 1.49. The molecule has 7 heteroatoms. The number of hydrogen-bond donors (Lipinski definition) is 0. The van der Waals surface area contributed by atoms with E-state index in [9.17, 15) is 14.0 Å². The Labute approximate surface area is 175 Å². The van der Waals surface area contributed by atoms with Gasteiger partial charge in [-0.3, -0.25) is 14.5 Å². The molecule has 2 aromatic carbocycles. The molecule has 2 aliphatic rings. The lowest BCUT2D eigenvalue weighted by atomic mass is 9.92. The molecular formula is C23H26FN3O3. The van der Waals surface area contributed by atoms with Gasteiger partial charge in [-0.05, 0) is 49.4 Å². The summed E-state index contributed by atoms with van der Waals surface area (Å²) in [5, 5.41) is 0. The molecule has 1 atom stereocenters. The number of nitrogens with zero attached hydrogens (tertiary/aromatic N) is 3. The first-order chi connectivity index (χ1) is 14.4. The number of benzene rings is 2. The first kappa shape index (κ1) is 20.3. The minimum Gasteiger partial charge on any atom is -0.497 e. The number of carbonyl (C=O) groups excluding carboxylic acids is 2. The number of hydrogen-bond acceptors (Lipinski definition) is 4. The van der Waals surface area contributed by atoms with E-state index in [1.807, 2.05) is 41.1 Å². The fourth-order valence-corrected chi connectivity index (χ4v) is 4.42. The van der Waals surface area contributed by atoms with Crippen molar-refractivity contribution in [2.24, 2.45) is 0 Å². The van der Waals surface area contributed by atoms with Crippen molar-refractivity contribution in [2.75, 3.05) is 45.2 Å². The van der Waals surface area contributed by atoms with Gasteiger partial charge in [0.1, 0.15) is 11.6 Å². The predicted molar refractivity (Wildman–Crippen MR) is 112 cm³/mol. The van der Waals surface area contributed by atoms with Crippen LogP contribution < -0.4 is 9.64 Å². The highest BCUT2D eigenvalue weighted by molar-refractivity contribution is 5.96. The molecule has 1 spiro atoms. The number of methoxy groups -OCH3 is 1. The molecule has 0 saturated carbocycles. The molecule has 6 nitrogen and oxygen atoms in total. The van der Waals surface area contributed by atoms with Crippen LogP contribution in [0.5, 0.6) is 5.75 Å². The number of carbonyl (C=O) groups is 2. The molecule has 2 aliphatic heterocycles. The number of amides is 2. The van der Waals surface area contributed by atoms with Crippen LogP contribution >= 0.6 is 0 Å². The molecule has 30 heavy (non-hydrogen) atoms. The van der Waals surface area contributed by atoms with Crippen LogP contribution in [0.1, 0.15) is 12.0 Å². The normalized spacial score (nSPS) is 22.0. The standard InChI is InChI=1S/C23H26FN3O3/c1-25-14-22(29)27(19-7-4-6-18(24)13-19)16-23(25)9-10-26(15-23)21(28)12-17-5-3-8-20(11-17)30-2/h3-8,11,13H,9-10,12,14-16H2,1-2H3. The second-order valence-electron chi connectivity index (χ2n) is 8.13. The molecule has 2 aromatic rings. The van der Waals surface area contributed by atoms with E-state index in [1.165, 1.54) is 12.1 Å². The largest absolute Gasteiger partial charge is 0.497 e. The molecule has 0 aromatic heterocycles. The Kier molecular flexibility index (Phi) is 5.47. The number of halogens is 1. The fourth-order valence-electron chi connectivity index (χ4n) is 4.42. The van der Waals surface area contributed by atoms with Gasteiger partial charge in [0.15, 0.2) is 0 Å². The van der Waals surface area contributed by atoms with Crippen molar-refractivity contribution in [2.45, 2.75) is 18.4 Å². The van der Waals surface area contributed by atoms with E-state index < -0.39 is 0 Å². The molecule has 1 unspecified atom stereocenters. The predicted octanol–water partition coefficient (Wildman–Crippen LogP) is 2.33. The van der Waals surface area contributed by atoms with Crippen LogP contribution in [0.4, 0.5) is 10.1 Å². The zero-order valence-electron chi connectivity index (χ0n) is 17.3. The minimum absolute atomic E-state index is 0.0581. The number of piperazine rings is 1. The second-order valence-corrected chi connectivity index (χ2v) is 8.13. The smallest absolute Gasteiger partial charge is 0.241 e. The van der Waals surface area contributed by atoms with Gasteiger partial charge in [-0.2, -0.15) is 0 Å². The monoisotopic (exact) mass is 411 g/mol. The molecule has 0 aliphatic carbocycles. The third kappa shape index (κ3) is 3.89. The maximum absolute atomic E-state index is 13.7. The van der Waals surface area contributed by atoms with Gasteiger partial charge in [0, 0.05) is 25.3 Å². The van der Waals surface area contributed by atoms with E-state index in [0.717, 1.165) is 17.7 Å². The van der Waals surface area contributed by atoms with E-state index in [4.69, 9.17) is 4.74 Å². The Morgan fingerprint density at radius 3 is 2.73 bits per heavy atom. The van der Waals surface area contributed by atoms with Crippen molar-refractivity contribution in [3.05, 3.63) is 59.9 Å². The van der Waals surface area contributed by atoms with Crippen LogP contribution in [0.2, 0.25) is 0 Å². The Morgan fingerprint density at radius 2 is 1.97 bits per heavy atom. The van der Waals surface area contributed by atoms with Gasteiger partial charge < -0.3 is 14.5 Å². The third-order valence-electron chi connectivity index (χ3n) is 6.23. The third-order valence-corrected chi connectivity index (χ3v) is 6.23. The number of anilines is 1. The van der Waals surface area contributed by atoms with E-state index in [1.54, 1.807) is 24.1 Å². The molecular weight excluding hydrogens is 385 g/mol. The highest BCUT2D eigenvalue weighted by atomic mass is 19.1. The van der Waals surface area contributed by atoms with Crippen molar-refractivity contribution in [3.8, 4) is 5.75 Å². The topological polar surface area (TPSA) is 53.1 Å². The van der Waals surface area contributed by atoms with E-state index in [0.29, 0.717) is 31.7 Å². The van der Waals surface area contributed by atoms with Crippen LogP contribution in [0.3, 0.4) is 0 Å². The van der Waals surface area contributed by atoms with Gasteiger partial charge in [-0.1, -0.05) is 18.2 Å². The number of likely N-dealkylation sites (tertiary alicyclic amines) is 1. The summed E-state index contributed by atoms with van der Waals surface area (Å²) < 4.78 is 19.0. The lowest BCUT2D eigenvalue weighted by Gasteiger charge is -2.46. The lowest BCUT2D eigenvalue weighted by molar-refractivity contribution is -0.130. The average molecular weight is 411 g/mol. The van der Waals surface area contributed by atoms with Gasteiger partial charge in [0.2, 0.25) is 11.8 Å². The first-order valence-corrected chi connectivity index (χ1v) is 10.1. The summed E-state index contributed by atoms with van der Waals surface area (Å²) in [6, 6.07) is 13.6. The van der Waals surface area contributed by atoms with Crippen LogP contribution in [-0.4, -0.2) is 67.5 Å². The number of likely N-dealkylation sites (N-methyl/N-ethyl adjacent to an activating group) is 1. The van der Waals surface area contributed by atoms with Gasteiger partial charge in [-0.15, -0.1) is 0 Å². The highest BCUT2D eigenvalue weighted by Crippen LogP contribution is 2.34. The van der Waals surface area contributed by atoms with Gasteiger partial charge in [-0.25, -0.2) is 4.39 Å². The van der Waals surface area contributed by atoms with E-state index in [-0.39, 0.29) is 29.7 Å². The zero-order chi connectivity index (χ0) is 21.3. The van der Waals surface area contributed by atoms with Crippen molar-refractivity contribution >= 4 is 17.5 Å². The summed E-state index contributed by atoms with van der Waals surface area (Å²) in [6.45, 7) is 1.87. The summed E-state index contributed by atoms with van der Waals surface area (Å²) in [5.74, 6) is 0.363. The Morgan fingerprint density at radius 1 is 1.17 bits per heavy atom. The van der Waals surface area contributed by atoms with Crippen LogP contribution in [0.25, 0.3) is 0 Å². The van der Waals surface area contributed by atoms with Crippen LogP contribution in [0.15, 0.2) is 48.5 Å². The molecule has 0 N–H and O–H groups in total. The summed E-state index contributed by atoms with van der Waals surface area (Å²) in [4.78, 5) is 31.2. The average Bonchev–Trinajstić information content (AvgIpc) is 3.16.